The van der Waals surface area contributed by atoms with Crippen molar-refractivity contribution >= 4 is 28.8 Å². The first-order valence-electron chi connectivity index (χ1n) is 7.02. The molecule has 2 aromatic heterocycles. The second-order valence-corrected chi connectivity index (χ2v) is 5.09. The van der Waals surface area contributed by atoms with Crippen molar-refractivity contribution in [2.24, 2.45) is 5.73 Å². The molecule has 0 atom stereocenters. The van der Waals surface area contributed by atoms with Gasteiger partial charge < -0.3 is 20.9 Å². The SMILES string of the molecule is CCCNc1nc(N(CC(N)=O)C(C)C)c2[nH]cnc2n1. The molecule has 0 unspecified atom stereocenters. The molecule has 0 saturated carbocycles. The Bertz CT molecular complexity index is 622. The minimum Gasteiger partial charge on any atom is -0.368 e. The summed E-state index contributed by atoms with van der Waals surface area (Å²) in [5.41, 5.74) is 6.61. The molecule has 8 nitrogen and oxygen atoms in total. The monoisotopic (exact) mass is 291 g/mol. The highest BCUT2D eigenvalue weighted by Gasteiger charge is 2.20. The van der Waals surface area contributed by atoms with E-state index in [0.29, 0.717) is 22.9 Å². The number of H-pyrrole nitrogens is 1. The smallest absolute Gasteiger partial charge is 0.237 e. The van der Waals surface area contributed by atoms with Crippen molar-refractivity contribution in [3.8, 4) is 0 Å². The first-order chi connectivity index (χ1) is 10.0. The van der Waals surface area contributed by atoms with E-state index in [0.717, 1.165) is 13.0 Å². The van der Waals surface area contributed by atoms with Gasteiger partial charge in [-0.3, -0.25) is 4.79 Å². The normalized spacial score (nSPS) is 11.0. The molecule has 2 aromatic rings. The summed E-state index contributed by atoms with van der Waals surface area (Å²) in [6.45, 7) is 6.89. The predicted octanol–water partition coefficient (Wildman–Crippen LogP) is 0.875. The molecule has 8 heteroatoms. The molecule has 0 radical (unpaired) electrons. The molecular formula is C13H21N7O. The summed E-state index contributed by atoms with van der Waals surface area (Å²) < 4.78 is 0. The minimum atomic E-state index is -0.405. The third kappa shape index (κ3) is 3.39. The molecule has 0 aromatic carbocycles. The highest BCUT2D eigenvalue weighted by atomic mass is 16.1. The van der Waals surface area contributed by atoms with Crippen LogP contribution in [0.3, 0.4) is 0 Å². The Labute approximate surface area is 123 Å². The summed E-state index contributed by atoms with van der Waals surface area (Å²) in [6, 6.07) is 0.0675. The molecule has 0 aliphatic rings. The third-order valence-corrected chi connectivity index (χ3v) is 3.02. The largest absolute Gasteiger partial charge is 0.368 e. The van der Waals surface area contributed by atoms with Crippen LogP contribution in [0.15, 0.2) is 6.33 Å². The Morgan fingerprint density at radius 3 is 2.86 bits per heavy atom. The number of amides is 1. The van der Waals surface area contributed by atoms with Crippen molar-refractivity contribution in [3.05, 3.63) is 6.33 Å². The summed E-state index contributed by atoms with van der Waals surface area (Å²) in [4.78, 5) is 29.2. The summed E-state index contributed by atoms with van der Waals surface area (Å²) >= 11 is 0. The van der Waals surface area contributed by atoms with E-state index in [2.05, 4.69) is 32.2 Å². The van der Waals surface area contributed by atoms with E-state index < -0.39 is 5.91 Å². The molecule has 4 N–H and O–H groups in total. The van der Waals surface area contributed by atoms with E-state index in [4.69, 9.17) is 5.73 Å². The molecule has 2 rings (SSSR count). The first kappa shape index (κ1) is 15.0. The van der Waals surface area contributed by atoms with Crippen molar-refractivity contribution in [2.45, 2.75) is 33.2 Å². The second-order valence-electron chi connectivity index (χ2n) is 5.09. The lowest BCUT2D eigenvalue weighted by Crippen LogP contribution is -2.39. The fourth-order valence-electron chi connectivity index (χ4n) is 2.01. The number of nitrogens with two attached hydrogens (primary N) is 1. The molecule has 114 valence electrons. The van der Waals surface area contributed by atoms with Crippen molar-refractivity contribution in [3.63, 3.8) is 0 Å². The molecule has 0 fully saturated rings. The molecule has 1 amide bonds. The quantitative estimate of drug-likeness (QED) is 0.698. The van der Waals surface area contributed by atoms with Gasteiger partial charge in [-0.15, -0.1) is 0 Å². The fraction of sp³-hybridized carbons (Fsp3) is 0.538. The van der Waals surface area contributed by atoms with Gasteiger partial charge in [-0.2, -0.15) is 9.97 Å². The van der Waals surface area contributed by atoms with Gasteiger partial charge in [0.25, 0.3) is 0 Å². The molecular weight excluding hydrogens is 270 g/mol. The Hall–Kier alpha value is -2.38. The number of primary amides is 1. The molecule has 21 heavy (non-hydrogen) atoms. The number of hydrogen-bond acceptors (Lipinski definition) is 6. The Morgan fingerprint density at radius 1 is 1.48 bits per heavy atom. The number of anilines is 2. The highest BCUT2D eigenvalue weighted by molar-refractivity contribution is 5.87. The minimum absolute atomic E-state index is 0.0675. The van der Waals surface area contributed by atoms with Gasteiger partial charge in [-0.25, -0.2) is 4.98 Å². The summed E-state index contributed by atoms with van der Waals surface area (Å²) in [6.07, 6.45) is 2.53. The number of fused-ring (bicyclic) bond motifs is 1. The fourth-order valence-corrected chi connectivity index (χ4v) is 2.01. The summed E-state index contributed by atoms with van der Waals surface area (Å²) in [5, 5.41) is 3.14. The number of imidazole rings is 1. The average molecular weight is 291 g/mol. The van der Waals surface area contributed by atoms with Gasteiger partial charge in [0.1, 0.15) is 5.52 Å². The molecule has 0 aliphatic carbocycles. The average Bonchev–Trinajstić information content (AvgIpc) is 2.89. The van der Waals surface area contributed by atoms with Crippen molar-refractivity contribution in [1.29, 1.82) is 0 Å². The lowest BCUT2D eigenvalue weighted by molar-refractivity contribution is -0.116. The van der Waals surface area contributed by atoms with Crippen molar-refractivity contribution in [2.75, 3.05) is 23.3 Å². The van der Waals surface area contributed by atoms with Gasteiger partial charge in [0, 0.05) is 12.6 Å². The second kappa shape index (κ2) is 6.38. The number of rotatable bonds is 7. The van der Waals surface area contributed by atoms with Crippen LogP contribution >= 0.6 is 0 Å². The van der Waals surface area contributed by atoms with Crippen LogP contribution in [0.25, 0.3) is 11.2 Å². The van der Waals surface area contributed by atoms with E-state index in [-0.39, 0.29) is 12.6 Å². The molecule has 0 saturated heterocycles. The van der Waals surface area contributed by atoms with Crippen molar-refractivity contribution < 1.29 is 4.79 Å². The highest BCUT2D eigenvalue weighted by Crippen LogP contribution is 2.24. The maximum absolute atomic E-state index is 11.3. The van der Waals surface area contributed by atoms with E-state index in [1.54, 1.807) is 6.33 Å². The lowest BCUT2D eigenvalue weighted by atomic mass is 10.3. The zero-order valence-corrected chi connectivity index (χ0v) is 12.6. The summed E-state index contributed by atoms with van der Waals surface area (Å²) in [5.74, 6) is 0.726. The van der Waals surface area contributed by atoms with Crippen LogP contribution < -0.4 is 16.0 Å². The zero-order valence-electron chi connectivity index (χ0n) is 12.6. The number of aromatic nitrogens is 4. The Balaban J connectivity index is 2.47. The van der Waals surface area contributed by atoms with Gasteiger partial charge in [0.05, 0.1) is 12.9 Å². The number of nitrogens with one attached hydrogen (secondary N) is 2. The van der Waals surface area contributed by atoms with Crippen LogP contribution in [0.4, 0.5) is 11.8 Å². The van der Waals surface area contributed by atoms with Crippen molar-refractivity contribution in [1.82, 2.24) is 19.9 Å². The third-order valence-electron chi connectivity index (χ3n) is 3.02. The van der Waals surface area contributed by atoms with Crippen LogP contribution in [0.1, 0.15) is 27.2 Å². The predicted molar refractivity (Wildman–Crippen MR) is 82.1 cm³/mol. The molecule has 0 aliphatic heterocycles. The first-order valence-corrected chi connectivity index (χ1v) is 7.02. The van der Waals surface area contributed by atoms with E-state index in [1.807, 2.05) is 18.7 Å². The topological polar surface area (TPSA) is 113 Å². The van der Waals surface area contributed by atoms with E-state index >= 15 is 0 Å². The lowest BCUT2D eigenvalue weighted by Gasteiger charge is -2.26. The van der Waals surface area contributed by atoms with Crippen LogP contribution in [0.5, 0.6) is 0 Å². The van der Waals surface area contributed by atoms with Gasteiger partial charge in [-0.05, 0) is 20.3 Å². The van der Waals surface area contributed by atoms with E-state index in [1.165, 1.54) is 0 Å². The molecule has 0 bridgehead atoms. The van der Waals surface area contributed by atoms with Crippen LogP contribution in [-0.4, -0.2) is 45.0 Å². The maximum Gasteiger partial charge on any atom is 0.237 e. The van der Waals surface area contributed by atoms with Crippen LogP contribution in [0, 0.1) is 0 Å². The standard InChI is InChI=1S/C13H21N7O/c1-4-5-15-13-18-11-10(16-7-17-11)12(19-13)20(8(2)3)6-9(14)21/h7-8H,4-6H2,1-3H3,(H2,14,21)(H2,15,16,17,18,19). The van der Waals surface area contributed by atoms with Gasteiger partial charge in [-0.1, -0.05) is 6.92 Å². The Morgan fingerprint density at radius 2 is 2.24 bits per heavy atom. The van der Waals surface area contributed by atoms with Gasteiger partial charge in [0.2, 0.25) is 11.9 Å². The summed E-state index contributed by atoms with van der Waals surface area (Å²) in [7, 11) is 0. The number of carbonyl (C=O) groups excluding carboxylic acids is 1. The number of nitrogens with zero attached hydrogens (tertiary/aromatic N) is 4. The Kier molecular flexibility index (Phi) is 4.56. The van der Waals surface area contributed by atoms with Crippen LogP contribution in [-0.2, 0) is 4.79 Å². The number of hydrogen-bond donors (Lipinski definition) is 3. The molecule has 2 heterocycles. The maximum atomic E-state index is 11.3. The van der Waals surface area contributed by atoms with Gasteiger partial charge in [0.15, 0.2) is 11.5 Å². The number of carbonyl (C=O) groups is 1. The van der Waals surface area contributed by atoms with Gasteiger partial charge >= 0.3 is 0 Å². The van der Waals surface area contributed by atoms with E-state index in [9.17, 15) is 4.79 Å². The zero-order chi connectivity index (χ0) is 15.4. The number of aromatic amines is 1. The molecule has 0 spiro atoms. The van der Waals surface area contributed by atoms with Crippen LogP contribution in [0.2, 0.25) is 0 Å².